The first kappa shape index (κ1) is 57.3. The van der Waals surface area contributed by atoms with E-state index in [2.05, 4.69) is 31.1 Å². The molecule has 312 valence electrons. The molecule has 23 nitrogen and oxygen atoms in total. The number of nitrogens with two attached hydrogens (primary N) is 2. The van der Waals surface area contributed by atoms with E-state index in [0.29, 0.717) is 0 Å². The van der Waals surface area contributed by atoms with Crippen molar-refractivity contribution in [2.75, 3.05) is 22.1 Å². The van der Waals surface area contributed by atoms with Crippen molar-refractivity contribution in [1.82, 2.24) is 0 Å². The zero-order valence-electron chi connectivity index (χ0n) is 33.4. The van der Waals surface area contributed by atoms with Gasteiger partial charge in [-0.05, 0) is 59.3 Å². The molecule has 8 N–H and O–H groups in total. The number of amides is 2. The summed E-state index contributed by atoms with van der Waals surface area (Å²) in [6, 6.07) is 13.1. The van der Waals surface area contributed by atoms with Gasteiger partial charge in [-0.15, -0.1) is 20.5 Å². The molecule has 0 unspecified atom stereocenters. The van der Waals surface area contributed by atoms with Crippen LogP contribution in [-0.2, 0) is 40.5 Å². The number of urea groups is 1. The van der Waals surface area contributed by atoms with Crippen molar-refractivity contribution in [2.24, 2.45) is 20.5 Å². The molecule has 0 heterocycles. The van der Waals surface area contributed by atoms with E-state index in [1.54, 1.807) is 0 Å². The van der Waals surface area contributed by atoms with Crippen molar-refractivity contribution < 1.29 is 185 Å². The van der Waals surface area contributed by atoms with Gasteiger partial charge in [0.2, 0.25) is 0 Å². The number of phenols is 2. The van der Waals surface area contributed by atoms with Gasteiger partial charge >= 0.3 is 124 Å². The topological polar surface area (TPSA) is 412 Å². The van der Waals surface area contributed by atoms with Gasteiger partial charge in [0.25, 0.3) is 0 Å². The average molecular weight is 991 g/mol. The summed E-state index contributed by atoms with van der Waals surface area (Å²) in [5.41, 5.74) is 5.82. The normalized spacial score (nSPS) is 11.9. The van der Waals surface area contributed by atoms with Gasteiger partial charge in [0.05, 0.1) is 53.1 Å². The van der Waals surface area contributed by atoms with Crippen LogP contribution in [0.15, 0.2) is 125 Å². The van der Waals surface area contributed by atoms with Crippen molar-refractivity contribution in [2.45, 2.75) is 19.6 Å². The molecule has 64 heavy (non-hydrogen) atoms. The molecule has 0 aliphatic carbocycles. The number of nitrogens with one attached hydrogen (secondary N) is 2. The average Bonchev–Trinajstić information content (AvgIpc) is 3.13. The van der Waals surface area contributed by atoms with E-state index in [-0.39, 0.29) is 140 Å². The minimum atomic E-state index is -5.46. The van der Waals surface area contributed by atoms with E-state index in [1.165, 1.54) is 24.3 Å². The molecule has 0 saturated carbocycles. The van der Waals surface area contributed by atoms with Crippen molar-refractivity contribution in [1.29, 1.82) is 0 Å². The zero-order valence-corrected chi connectivity index (χ0v) is 44.6. The van der Waals surface area contributed by atoms with E-state index < -0.39 is 123 Å². The second-order valence-electron chi connectivity index (χ2n) is 12.1. The van der Waals surface area contributed by atoms with Gasteiger partial charge in [-0.2, -0.15) is 0 Å². The number of carbonyl (C=O) groups is 1. The van der Waals surface area contributed by atoms with Crippen LogP contribution >= 0.6 is 0 Å². The molecule has 2 amide bonds. The van der Waals surface area contributed by atoms with Crippen LogP contribution in [0.2, 0.25) is 0 Å². The number of azo groups is 2. The number of fused-ring (bicyclic) bond motifs is 2. The summed E-state index contributed by atoms with van der Waals surface area (Å²) >= 11 is 0. The van der Waals surface area contributed by atoms with E-state index in [4.69, 9.17) is 11.5 Å². The molecule has 0 aromatic heterocycles. The molecule has 0 fully saturated rings. The molecule has 0 bridgehead atoms. The SMILES string of the molecule is Nc1c(S(=O)(=O)[O-])cc2cccc(O)c2c1N=Nc1c(NC(=O)Nc2cccc(S(=O)(=O)[O-])c2N=Nc2c(N)c(S(=O)(=O)[O-])cc3cccc(O)c23)cccc1S(=O)(=O)[O-].[Na+].[Na+].[Na+].[Na+]. The Morgan fingerprint density at radius 1 is 0.469 bits per heavy atom. The molecule has 0 aliphatic rings. The van der Waals surface area contributed by atoms with Crippen molar-refractivity contribution in [3.63, 3.8) is 0 Å². The van der Waals surface area contributed by atoms with Gasteiger partial charge in [0.1, 0.15) is 74.7 Å². The summed E-state index contributed by atoms with van der Waals surface area (Å²) in [5, 5.41) is 39.7. The van der Waals surface area contributed by atoms with E-state index in [9.17, 15) is 66.9 Å². The third-order valence-corrected chi connectivity index (χ3v) is 11.8. The smallest absolute Gasteiger partial charge is 0.744 e. The number of nitrogens with zero attached hydrogens (tertiary/aromatic N) is 4. The second kappa shape index (κ2) is 21.8. The second-order valence-corrected chi connectivity index (χ2v) is 17.5. The Balaban J connectivity index is 0.00000352. The van der Waals surface area contributed by atoms with Gasteiger partial charge in [0, 0.05) is 0 Å². The van der Waals surface area contributed by atoms with Gasteiger partial charge in [-0.3, -0.25) is 0 Å². The number of hydrogen-bond donors (Lipinski definition) is 6. The Labute approximate surface area is 451 Å². The number of carbonyl (C=O) groups excluding carboxylic acids is 1. The largest absolute Gasteiger partial charge is 1.00 e. The van der Waals surface area contributed by atoms with E-state index in [0.717, 1.165) is 60.7 Å². The van der Waals surface area contributed by atoms with Crippen molar-refractivity contribution in [3.05, 3.63) is 84.9 Å². The number of phenolic OH excluding ortho intramolecular Hbond substituents is 2. The van der Waals surface area contributed by atoms with Crippen LogP contribution in [0.5, 0.6) is 11.5 Å². The third-order valence-electron chi connectivity index (χ3n) is 8.31. The summed E-state index contributed by atoms with van der Waals surface area (Å²) in [6.45, 7) is 0. The van der Waals surface area contributed by atoms with Gasteiger partial charge in [-0.25, -0.2) is 38.5 Å². The summed E-state index contributed by atoms with van der Waals surface area (Å²) in [5.74, 6) is -1.09. The Bertz CT molecular complexity index is 3140. The number of nitrogen functional groups attached to an aromatic ring is 2. The first-order valence-corrected chi connectivity index (χ1v) is 21.6. The maximum absolute atomic E-state index is 13.5. The van der Waals surface area contributed by atoms with Crippen LogP contribution in [0.1, 0.15) is 0 Å². The summed E-state index contributed by atoms with van der Waals surface area (Å²) < 4.78 is 146. The van der Waals surface area contributed by atoms with Gasteiger partial charge in [0.15, 0.2) is 0 Å². The van der Waals surface area contributed by atoms with Gasteiger partial charge in [-0.1, -0.05) is 36.4 Å². The quantitative estimate of drug-likeness (QED) is 0.0321. The summed E-state index contributed by atoms with van der Waals surface area (Å²) in [7, 11) is -21.5. The molecular weight excluding hydrogens is 969 g/mol. The fourth-order valence-electron chi connectivity index (χ4n) is 5.77. The van der Waals surface area contributed by atoms with Crippen LogP contribution in [-0.4, -0.2) is 68.1 Å². The molecule has 0 radical (unpaired) electrons. The van der Waals surface area contributed by atoms with E-state index in [1.807, 2.05) is 0 Å². The first-order valence-electron chi connectivity index (χ1n) is 16.0. The first-order chi connectivity index (χ1) is 27.9. The Kier molecular flexibility index (Phi) is 19.6. The molecule has 6 aromatic rings. The number of anilines is 4. The van der Waals surface area contributed by atoms with Crippen molar-refractivity contribution >= 4 is 114 Å². The molecular formula is C33H22N8Na4O15S4. The third kappa shape index (κ3) is 12.4. The maximum Gasteiger partial charge on any atom is 1.00 e. The standard InChI is InChI=1S/C33H26N8O15S4.4Na/c34-27-23(59(51,52)53)13-15-5-1-9-19(42)25(15)31(27)40-38-29-17(7-3-11-21(29)57(45,46)47)36-33(44)37-18-8-4-12-22(58(48,49)50)30(18)39-41-32-26-16(6-2-10-20(26)43)14-24(28(32)35)60(54,55)56;;;;/h1-14,42-43H,34-35H2,(H2,36,37,44)(H,45,46,47)(H,48,49,50)(H,51,52,53)(H,54,55,56);;;;/q;4*+1/p-4. The number of benzene rings is 6. The fraction of sp³-hybridized carbons (Fsp3) is 0. The molecule has 31 heteroatoms. The van der Waals surface area contributed by atoms with Crippen LogP contribution in [0, 0.1) is 0 Å². The fourth-order valence-corrected chi connectivity index (χ4v) is 8.31. The van der Waals surface area contributed by atoms with Crippen LogP contribution in [0.3, 0.4) is 0 Å². The zero-order chi connectivity index (χ0) is 44.1. The summed E-state index contributed by atoms with van der Waals surface area (Å²) in [4.78, 5) is 9.25. The maximum atomic E-state index is 13.5. The van der Waals surface area contributed by atoms with Gasteiger partial charge < -0.3 is 50.5 Å². The minimum Gasteiger partial charge on any atom is -0.744 e. The van der Waals surface area contributed by atoms with Crippen LogP contribution in [0.25, 0.3) is 21.5 Å². The number of hydrogen-bond acceptors (Lipinski definition) is 21. The van der Waals surface area contributed by atoms with Crippen molar-refractivity contribution in [3.8, 4) is 11.5 Å². The van der Waals surface area contributed by atoms with E-state index >= 15 is 0 Å². The molecule has 0 saturated heterocycles. The van der Waals surface area contributed by atoms with Crippen LogP contribution in [0.4, 0.5) is 50.3 Å². The molecule has 6 aromatic carbocycles. The predicted octanol–water partition coefficient (Wildman–Crippen LogP) is -7.32. The molecule has 0 aliphatic heterocycles. The monoisotopic (exact) mass is 990 g/mol. The Morgan fingerprint density at radius 2 is 0.766 bits per heavy atom. The van der Waals surface area contributed by atoms with Crippen LogP contribution < -0.4 is 140 Å². The minimum absolute atomic E-state index is 0. The number of aromatic hydroxyl groups is 2. The molecule has 6 rings (SSSR count). The predicted molar refractivity (Wildman–Crippen MR) is 206 cm³/mol. The Hall–Kier alpha value is -2.85. The Morgan fingerprint density at radius 3 is 1.08 bits per heavy atom. The summed E-state index contributed by atoms with van der Waals surface area (Å²) in [6.07, 6.45) is 0. The molecule has 0 spiro atoms. The number of rotatable bonds is 10. The molecule has 0 atom stereocenters.